The van der Waals surface area contributed by atoms with Crippen LogP contribution in [0.25, 0.3) is 0 Å². The number of carbonyl (C=O) groups is 5. The molecule has 0 aliphatic rings. The summed E-state index contributed by atoms with van der Waals surface area (Å²) in [5.74, 6) is -4.69. The van der Waals surface area contributed by atoms with Gasteiger partial charge in [-0.3, -0.25) is 19.2 Å². The van der Waals surface area contributed by atoms with Crippen LogP contribution in [0.2, 0.25) is 0 Å². The predicted molar refractivity (Wildman–Crippen MR) is 126 cm³/mol. The average molecular weight is 494 g/mol. The highest BCUT2D eigenvalue weighted by atomic mass is 16.4. The number of aliphatic hydroxyl groups excluding tert-OH is 1. The lowest BCUT2D eigenvalue weighted by Crippen LogP contribution is -2.61. The third kappa shape index (κ3) is 10.1. The second-order valence-corrected chi connectivity index (χ2v) is 8.66. The maximum absolute atomic E-state index is 12.9. The molecule has 9 N–H and O–H groups in total. The van der Waals surface area contributed by atoms with Crippen LogP contribution in [-0.2, 0) is 30.4 Å². The van der Waals surface area contributed by atoms with Crippen LogP contribution in [0.1, 0.15) is 39.2 Å². The van der Waals surface area contributed by atoms with Crippen LogP contribution < -0.4 is 27.4 Å². The smallest absolute Gasteiger partial charge is 0.326 e. The van der Waals surface area contributed by atoms with E-state index in [1.165, 1.54) is 6.92 Å². The van der Waals surface area contributed by atoms with Crippen LogP contribution in [0.5, 0.6) is 0 Å². The van der Waals surface area contributed by atoms with Crippen molar-refractivity contribution in [3.63, 3.8) is 0 Å². The fourth-order valence-electron chi connectivity index (χ4n) is 3.18. The number of hydrogen-bond acceptors (Lipinski definition) is 7. The molecule has 194 valence electrons. The molecule has 0 spiro atoms. The number of carboxylic acids is 1. The van der Waals surface area contributed by atoms with E-state index < -0.39 is 65.8 Å². The molecule has 0 radical (unpaired) electrons. The van der Waals surface area contributed by atoms with Gasteiger partial charge in [-0.15, -0.1) is 0 Å². The number of benzene rings is 1. The zero-order chi connectivity index (χ0) is 26.7. The standard InChI is InChI=1S/C23H35N5O7/c1-12(2)18(27-20(31)15(24)9-10-17(25)30)21(32)28-19(13(3)29)22(33)26-16(23(34)35)11-14-7-5-4-6-8-14/h4-8,12-13,15-16,18-19,29H,9-11,24H2,1-3H3,(H2,25,30)(H,26,33)(H,27,31)(H,28,32)(H,34,35). The average Bonchev–Trinajstić information content (AvgIpc) is 2.78. The molecule has 0 aliphatic heterocycles. The van der Waals surface area contributed by atoms with E-state index in [-0.39, 0.29) is 19.3 Å². The summed E-state index contributed by atoms with van der Waals surface area (Å²) in [5, 5.41) is 26.8. The first-order valence-corrected chi connectivity index (χ1v) is 11.2. The lowest BCUT2D eigenvalue weighted by molar-refractivity contribution is -0.143. The fraction of sp³-hybridized carbons (Fsp3) is 0.522. The van der Waals surface area contributed by atoms with Gasteiger partial charge in [-0.25, -0.2) is 4.79 Å². The molecule has 12 heteroatoms. The van der Waals surface area contributed by atoms with E-state index in [0.717, 1.165) is 0 Å². The maximum atomic E-state index is 12.9. The van der Waals surface area contributed by atoms with Gasteiger partial charge in [0.15, 0.2) is 0 Å². The molecular weight excluding hydrogens is 458 g/mol. The van der Waals surface area contributed by atoms with E-state index in [0.29, 0.717) is 5.56 Å². The topological polar surface area (TPSA) is 214 Å². The summed E-state index contributed by atoms with van der Waals surface area (Å²) in [5.41, 5.74) is 11.5. The summed E-state index contributed by atoms with van der Waals surface area (Å²) in [4.78, 5) is 60.6. The van der Waals surface area contributed by atoms with Crippen molar-refractivity contribution in [3.05, 3.63) is 35.9 Å². The molecular formula is C23H35N5O7. The van der Waals surface area contributed by atoms with Gasteiger partial charge in [-0.1, -0.05) is 44.2 Å². The highest BCUT2D eigenvalue weighted by Gasteiger charge is 2.33. The summed E-state index contributed by atoms with van der Waals surface area (Å²) in [6, 6.07) is 3.67. The minimum Gasteiger partial charge on any atom is -0.480 e. The van der Waals surface area contributed by atoms with Gasteiger partial charge in [0.05, 0.1) is 12.1 Å². The number of rotatable bonds is 14. The van der Waals surface area contributed by atoms with Gasteiger partial charge in [0.1, 0.15) is 18.1 Å². The van der Waals surface area contributed by atoms with E-state index >= 15 is 0 Å². The van der Waals surface area contributed by atoms with Crippen LogP contribution in [0.15, 0.2) is 30.3 Å². The Hall–Kier alpha value is -3.51. The second kappa shape index (κ2) is 14.0. The molecule has 0 saturated carbocycles. The summed E-state index contributed by atoms with van der Waals surface area (Å²) >= 11 is 0. The lowest BCUT2D eigenvalue weighted by atomic mass is 10.0. The van der Waals surface area contributed by atoms with Crippen molar-refractivity contribution in [1.82, 2.24) is 16.0 Å². The minimum atomic E-state index is -1.48. The molecule has 0 bridgehead atoms. The first kappa shape index (κ1) is 29.5. The fourth-order valence-corrected chi connectivity index (χ4v) is 3.18. The summed E-state index contributed by atoms with van der Waals surface area (Å²) in [6.45, 7) is 4.56. The predicted octanol–water partition coefficient (Wildman–Crippen LogP) is -1.60. The minimum absolute atomic E-state index is 0.00371. The molecule has 35 heavy (non-hydrogen) atoms. The first-order chi connectivity index (χ1) is 16.3. The Morgan fingerprint density at radius 3 is 1.91 bits per heavy atom. The molecule has 0 heterocycles. The summed E-state index contributed by atoms with van der Waals surface area (Å²) in [6.07, 6.45) is -1.49. The molecule has 1 rings (SSSR count). The third-order valence-corrected chi connectivity index (χ3v) is 5.25. The Kier molecular flexibility index (Phi) is 11.8. The number of carboxylic acid groups (broad SMARTS) is 1. The van der Waals surface area contributed by atoms with Gasteiger partial charge in [-0.05, 0) is 24.8 Å². The summed E-state index contributed by atoms with van der Waals surface area (Å²) < 4.78 is 0. The second-order valence-electron chi connectivity index (χ2n) is 8.66. The largest absolute Gasteiger partial charge is 0.480 e. The van der Waals surface area contributed by atoms with E-state index in [9.17, 15) is 34.2 Å². The van der Waals surface area contributed by atoms with Crippen molar-refractivity contribution >= 4 is 29.6 Å². The Bertz CT molecular complexity index is 892. The normalized spacial score (nSPS) is 15.3. The Balaban J connectivity index is 2.90. The van der Waals surface area contributed by atoms with Gasteiger partial charge in [0, 0.05) is 12.8 Å². The third-order valence-electron chi connectivity index (χ3n) is 5.25. The van der Waals surface area contributed by atoms with E-state index in [1.54, 1.807) is 44.2 Å². The van der Waals surface area contributed by atoms with Crippen molar-refractivity contribution in [3.8, 4) is 0 Å². The molecule has 0 aliphatic carbocycles. The summed E-state index contributed by atoms with van der Waals surface area (Å²) in [7, 11) is 0. The number of nitrogens with two attached hydrogens (primary N) is 2. The molecule has 0 saturated heterocycles. The van der Waals surface area contributed by atoms with Crippen LogP contribution in [-0.4, -0.2) is 70.1 Å². The van der Waals surface area contributed by atoms with Crippen molar-refractivity contribution in [2.24, 2.45) is 17.4 Å². The van der Waals surface area contributed by atoms with Crippen molar-refractivity contribution < 1.29 is 34.2 Å². The molecule has 4 amide bonds. The number of aliphatic hydroxyl groups is 1. The number of nitrogens with one attached hydrogen (secondary N) is 3. The van der Waals surface area contributed by atoms with Gasteiger partial charge < -0.3 is 37.6 Å². The van der Waals surface area contributed by atoms with Gasteiger partial charge in [0.25, 0.3) is 0 Å². The molecule has 5 atom stereocenters. The van der Waals surface area contributed by atoms with Crippen LogP contribution in [0.4, 0.5) is 0 Å². The molecule has 5 unspecified atom stereocenters. The molecule has 1 aromatic carbocycles. The molecule has 1 aromatic rings. The zero-order valence-corrected chi connectivity index (χ0v) is 20.1. The first-order valence-electron chi connectivity index (χ1n) is 11.2. The van der Waals surface area contributed by atoms with E-state index in [2.05, 4.69) is 16.0 Å². The SMILES string of the molecule is CC(C)C(NC(=O)C(N)CCC(N)=O)C(=O)NC(C(=O)NC(Cc1ccccc1)C(=O)O)C(C)O. The number of aliphatic carboxylic acids is 1. The number of carbonyl (C=O) groups excluding carboxylic acids is 4. The van der Waals surface area contributed by atoms with E-state index in [4.69, 9.17) is 11.5 Å². The van der Waals surface area contributed by atoms with Gasteiger partial charge in [-0.2, -0.15) is 0 Å². The molecule has 0 fully saturated rings. The van der Waals surface area contributed by atoms with Crippen molar-refractivity contribution in [2.45, 2.75) is 70.3 Å². The maximum Gasteiger partial charge on any atom is 0.326 e. The Labute approximate surface area is 203 Å². The lowest BCUT2D eigenvalue weighted by Gasteiger charge is -2.28. The van der Waals surface area contributed by atoms with E-state index in [1.807, 2.05) is 0 Å². The zero-order valence-electron chi connectivity index (χ0n) is 20.1. The number of hydrogen-bond donors (Lipinski definition) is 7. The van der Waals surface area contributed by atoms with Crippen molar-refractivity contribution in [2.75, 3.05) is 0 Å². The Morgan fingerprint density at radius 2 is 1.43 bits per heavy atom. The van der Waals surface area contributed by atoms with Gasteiger partial charge >= 0.3 is 5.97 Å². The highest BCUT2D eigenvalue weighted by Crippen LogP contribution is 2.07. The Morgan fingerprint density at radius 1 is 0.886 bits per heavy atom. The molecule has 12 nitrogen and oxygen atoms in total. The number of amides is 4. The monoisotopic (exact) mass is 493 g/mol. The highest BCUT2D eigenvalue weighted by molar-refractivity contribution is 5.94. The quantitative estimate of drug-likeness (QED) is 0.160. The van der Waals surface area contributed by atoms with Crippen LogP contribution in [0.3, 0.4) is 0 Å². The molecule has 0 aromatic heterocycles. The van der Waals surface area contributed by atoms with Crippen molar-refractivity contribution in [1.29, 1.82) is 0 Å². The van der Waals surface area contributed by atoms with Crippen LogP contribution >= 0.6 is 0 Å². The van der Waals surface area contributed by atoms with Crippen LogP contribution in [0, 0.1) is 5.92 Å². The number of primary amides is 1. The van der Waals surface area contributed by atoms with Gasteiger partial charge in [0.2, 0.25) is 23.6 Å².